The van der Waals surface area contributed by atoms with Gasteiger partial charge in [-0.2, -0.15) is 0 Å². The molecule has 2 fully saturated rings. The number of rotatable bonds is 42. The van der Waals surface area contributed by atoms with E-state index in [0.29, 0.717) is 12.8 Å². The van der Waals surface area contributed by atoms with Crippen LogP contribution in [-0.2, 0) is 65.0 Å². The molecule has 2 saturated heterocycles. The van der Waals surface area contributed by atoms with Crippen molar-refractivity contribution in [3.8, 4) is 0 Å². The molecule has 0 bridgehead atoms. The molecule has 75 heavy (non-hydrogen) atoms. The van der Waals surface area contributed by atoms with Crippen LogP contribution >= 0.6 is 7.37 Å². The number of benzene rings is 2. The Morgan fingerprint density at radius 2 is 0.893 bits per heavy atom. The molecule has 0 saturated carbocycles. The lowest BCUT2D eigenvalue weighted by Crippen LogP contribution is -2.66. The molecule has 0 spiro atoms. The quantitative estimate of drug-likeness (QED) is 0.0322. The average molecular weight is 1070 g/mol. The molecule has 0 amide bonds. The third kappa shape index (κ3) is 27.1. The molecule has 2 aromatic rings. The van der Waals surface area contributed by atoms with E-state index in [0.717, 1.165) is 49.7 Å². The Hall–Kier alpha value is -2.75. The van der Waals surface area contributed by atoms with Gasteiger partial charge in [0.05, 0.1) is 38.5 Å². The molecule has 4 rings (SSSR count). The van der Waals surface area contributed by atoms with Crippen LogP contribution in [0.25, 0.3) is 0 Å². The number of hydrogen-bond donors (Lipinski definition) is 3. The number of carbonyl (C=O) groups excluding carboxylic acids is 2. The molecule has 0 aliphatic carbocycles. The summed E-state index contributed by atoms with van der Waals surface area (Å²) in [7, 11) is -3.21. The Balaban J connectivity index is 1.38. The van der Waals surface area contributed by atoms with E-state index in [9.17, 15) is 19.3 Å². The van der Waals surface area contributed by atoms with E-state index in [1.54, 1.807) is 0 Å². The molecular weight excluding hydrogens is 972 g/mol. The van der Waals surface area contributed by atoms with Gasteiger partial charge in [0, 0.05) is 26.2 Å². The van der Waals surface area contributed by atoms with E-state index in [1.807, 2.05) is 60.7 Å². The number of ether oxygens (including phenoxy) is 7. The first-order valence-electron chi connectivity index (χ1n) is 29.4. The SMILES string of the molecule is CCCCCCCCCCCCCCCC(=O)OC1[C@H](O)C(CO[C@@H]2OC(COCc3ccccc3)[C@@H](OP(C)(C)=O)C(OC(=O)CCCCCCCCCCCCCCC)[C@@H]2N)O[C@H](OCc2ccccc2)[C@H]1N. The summed E-state index contributed by atoms with van der Waals surface area (Å²) in [6, 6.07) is 17.0. The van der Waals surface area contributed by atoms with E-state index < -0.39 is 80.6 Å². The van der Waals surface area contributed by atoms with Crippen LogP contribution in [0.5, 0.6) is 0 Å². The average Bonchev–Trinajstić information content (AvgIpc) is 3.39. The lowest BCUT2D eigenvalue weighted by Gasteiger charge is -2.46. The fraction of sp³-hybridized carbons (Fsp3) is 0.767. The number of aliphatic hydroxyl groups is 1. The smallest absolute Gasteiger partial charge is 0.306 e. The summed E-state index contributed by atoms with van der Waals surface area (Å²) < 4.78 is 63.2. The molecule has 2 aliphatic rings. The van der Waals surface area contributed by atoms with Crippen LogP contribution in [0.1, 0.15) is 205 Å². The number of aliphatic hydroxyl groups excluding tert-OH is 1. The molecule has 10 atom stereocenters. The number of unbranched alkanes of at least 4 members (excludes halogenated alkanes) is 24. The van der Waals surface area contributed by atoms with Crippen LogP contribution in [0.3, 0.4) is 0 Å². The number of esters is 2. The van der Waals surface area contributed by atoms with Crippen LogP contribution in [0.4, 0.5) is 0 Å². The van der Waals surface area contributed by atoms with E-state index >= 15 is 0 Å². The van der Waals surface area contributed by atoms with Crippen molar-refractivity contribution < 1.29 is 56.9 Å². The zero-order valence-electron chi connectivity index (χ0n) is 46.7. The lowest BCUT2D eigenvalue weighted by molar-refractivity contribution is -0.302. The monoisotopic (exact) mass is 1070 g/mol. The van der Waals surface area contributed by atoms with Crippen LogP contribution in [-0.4, -0.2) is 105 Å². The predicted molar refractivity (Wildman–Crippen MR) is 297 cm³/mol. The van der Waals surface area contributed by atoms with E-state index in [1.165, 1.54) is 129 Å². The summed E-state index contributed by atoms with van der Waals surface area (Å²) in [5.74, 6) is -0.920. The summed E-state index contributed by atoms with van der Waals surface area (Å²) in [6.07, 6.45) is 22.0. The molecule has 14 nitrogen and oxygen atoms in total. The zero-order valence-corrected chi connectivity index (χ0v) is 47.6. The van der Waals surface area contributed by atoms with Crippen LogP contribution in [0.2, 0.25) is 0 Å². The van der Waals surface area contributed by atoms with Crippen molar-refractivity contribution in [2.45, 2.75) is 268 Å². The first-order chi connectivity index (χ1) is 36.4. The third-order valence-electron chi connectivity index (χ3n) is 14.4. The lowest BCUT2D eigenvalue weighted by atomic mass is 9.96. The Morgan fingerprint density at radius 3 is 1.35 bits per heavy atom. The Kier molecular flexibility index (Phi) is 33.5. The van der Waals surface area contributed by atoms with Gasteiger partial charge in [-0.25, -0.2) is 0 Å². The van der Waals surface area contributed by atoms with Crippen molar-refractivity contribution in [3.63, 3.8) is 0 Å². The molecule has 428 valence electrons. The maximum Gasteiger partial charge on any atom is 0.306 e. The van der Waals surface area contributed by atoms with Crippen molar-refractivity contribution in [2.24, 2.45) is 11.5 Å². The van der Waals surface area contributed by atoms with Gasteiger partial charge in [0.15, 0.2) is 32.2 Å². The maximum absolute atomic E-state index is 13.6. The highest BCUT2D eigenvalue weighted by Gasteiger charge is 2.51. The normalized spacial score (nSPS) is 24.0. The fourth-order valence-corrected chi connectivity index (χ4v) is 10.8. The van der Waals surface area contributed by atoms with Gasteiger partial charge in [-0.3, -0.25) is 14.2 Å². The third-order valence-corrected chi connectivity index (χ3v) is 15.1. The molecule has 5 N–H and O–H groups in total. The number of nitrogens with two attached hydrogens (primary N) is 2. The Bertz CT molecular complexity index is 1810. The summed E-state index contributed by atoms with van der Waals surface area (Å²) in [6.45, 7) is 7.53. The first kappa shape index (κ1) is 64.8. The topological polar surface area (TPSA) is 197 Å². The molecule has 15 heteroatoms. The highest BCUT2D eigenvalue weighted by Crippen LogP contribution is 2.43. The van der Waals surface area contributed by atoms with Crippen molar-refractivity contribution >= 4 is 19.3 Å². The van der Waals surface area contributed by atoms with E-state index in [-0.39, 0.29) is 39.3 Å². The van der Waals surface area contributed by atoms with Crippen LogP contribution < -0.4 is 11.5 Å². The molecule has 2 heterocycles. The van der Waals surface area contributed by atoms with E-state index in [2.05, 4.69) is 13.8 Å². The second-order valence-corrected chi connectivity index (χ2v) is 24.3. The van der Waals surface area contributed by atoms with Gasteiger partial charge in [0.2, 0.25) is 0 Å². The molecule has 0 aromatic heterocycles. The Labute approximate surface area is 452 Å². The highest BCUT2D eigenvalue weighted by molar-refractivity contribution is 7.57. The fourth-order valence-electron chi connectivity index (χ4n) is 9.96. The van der Waals surface area contributed by atoms with Crippen molar-refractivity contribution in [1.29, 1.82) is 0 Å². The molecular formula is C60H101N2O12P. The summed E-state index contributed by atoms with van der Waals surface area (Å²) in [5.41, 5.74) is 15.4. The summed E-state index contributed by atoms with van der Waals surface area (Å²) in [4.78, 5) is 27.0. The van der Waals surface area contributed by atoms with Crippen LogP contribution in [0, 0.1) is 0 Å². The maximum atomic E-state index is 13.6. The van der Waals surface area contributed by atoms with Gasteiger partial charge in [-0.1, -0.05) is 229 Å². The van der Waals surface area contributed by atoms with Gasteiger partial charge in [0.1, 0.15) is 24.4 Å². The second kappa shape index (κ2) is 38.8. The van der Waals surface area contributed by atoms with Gasteiger partial charge in [-0.15, -0.1) is 0 Å². The molecule has 2 aromatic carbocycles. The molecule has 4 unspecified atom stereocenters. The summed E-state index contributed by atoms with van der Waals surface area (Å²) >= 11 is 0. The Morgan fingerprint density at radius 1 is 0.507 bits per heavy atom. The number of hydrogen-bond acceptors (Lipinski definition) is 14. The minimum Gasteiger partial charge on any atom is -0.458 e. The standard InChI is InChI=1S/C60H101N2O12P/c1-5-7-9-11-13-15-17-19-21-23-25-27-35-41-51(63)72-57-53(61)59(68-44-48-39-33-30-34-40-48)70-49(55(57)65)46-69-60-54(62)58(73-52(64)42-36-28-26-24-22-20-18-16-14-12-10-8-6-2)56(74-75(3,4)66)50(71-60)45-67-43-47-37-31-29-32-38-47/h29-34,37-40,49-50,53-60,65H,5-28,35-36,41-46,61-62H2,1-4H3/t49?,50?,53-,54-,55+,56+,57?,58?,59-,60+/m0/s1. The number of carbonyl (C=O) groups is 2. The molecule has 2 aliphatic heterocycles. The predicted octanol–water partition coefficient (Wildman–Crippen LogP) is 12.6. The minimum absolute atomic E-state index is 0.0386. The highest BCUT2D eigenvalue weighted by atomic mass is 31.2. The summed E-state index contributed by atoms with van der Waals surface area (Å²) in [5, 5.41) is 11.8. The first-order valence-corrected chi connectivity index (χ1v) is 31.9. The van der Waals surface area contributed by atoms with Gasteiger partial charge >= 0.3 is 11.9 Å². The van der Waals surface area contributed by atoms with Gasteiger partial charge in [-0.05, 0) is 24.0 Å². The largest absolute Gasteiger partial charge is 0.458 e. The van der Waals surface area contributed by atoms with Crippen molar-refractivity contribution in [2.75, 3.05) is 26.5 Å². The second-order valence-electron chi connectivity index (χ2n) is 21.6. The van der Waals surface area contributed by atoms with Crippen LogP contribution in [0.15, 0.2) is 60.7 Å². The minimum atomic E-state index is -3.21. The zero-order chi connectivity index (χ0) is 53.9. The van der Waals surface area contributed by atoms with E-state index in [4.69, 9.17) is 49.1 Å². The molecule has 0 radical (unpaired) electrons. The van der Waals surface area contributed by atoms with Gasteiger partial charge in [0.25, 0.3) is 0 Å². The van der Waals surface area contributed by atoms with Crippen molar-refractivity contribution in [1.82, 2.24) is 0 Å². The van der Waals surface area contributed by atoms with Crippen molar-refractivity contribution in [3.05, 3.63) is 71.8 Å². The van der Waals surface area contributed by atoms with Gasteiger partial charge < -0.3 is 54.3 Å².